The van der Waals surface area contributed by atoms with Crippen molar-refractivity contribution in [1.82, 2.24) is 25.9 Å². The molecule has 33 heavy (non-hydrogen) atoms. The van der Waals surface area contributed by atoms with Crippen LogP contribution in [0, 0.1) is 17.8 Å². The lowest BCUT2D eigenvalue weighted by atomic mass is 9.98. The number of imidazole rings is 1. The van der Waals surface area contributed by atoms with Crippen molar-refractivity contribution in [3.8, 4) is 0 Å². The number of aromatic nitrogens is 2. The first kappa shape index (κ1) is 28.1. The minimum absolute atomic E-state index is 0.0602. The zero-order chi connectivity index (χ0) is 25.3. The Bertz CT molecular complexity index is 793. The van der Waals surface area contributed by atoms with Gasteiger partial charge in [-0.05, 0) is 24.2 Å². The normalized spacial score (nSPS) is 15.1. The van der Waals surface area contributed by atoms with Crippen LogP contribution in [0.2, 0.25) is 0 Å². The van der Waals surface area contributed by atoms with Crippen LogP contribution in [0.5, 0.6) is 0 Å². The second kappa shape index (κ2) is 12.9. The highest BCUT2D eigenvalue weighted by Gasteiger charge is 2.33. The van der Waals surface area contributed by atoms with Gasteiger partial charge in [-0.15, -0.1) is 0 Å². The fraction of sp³-hybridized carbons (Fsp3) is 0.682. The third-order valence-corrected chi connectivity index (χ3v) is 5.15. The van der Waals surface area contributed by atoms with Gasteiger partial charge in [-0.3, -0.25) is 14.4 Å². The molecule has 0 bridgehead atoms. The van der Waals surface area contributed by atoms with Crippen LogP contribution in [-0.2, 0) is 25.6 Å². The molecule has 0 aliphatic rings. The number of H-pyrrole nitrogens is 1. The number of carbonyl (C=O) groups is 4. The van der Waals surface area contributed by atoms with Crippen molar-refractivity contribution in [3.05, 3.63) is 18.2 Å². The summed E-state index contributed by atoms with van der Waals surface area (Å²) >= 11 is 0. The Kier molecular flexibility index (Phi) is 11.0. The van der Waals surface area contributed by atoms with Crippen molar-refractivity contribution < 1.29 is 24.3 Å². The first-order chi connectivity index (χ1) is 15.3. The summed E-state index contributed by atoms with van der Waals surface area (Å²) in [6.45, 7) is 10.7. The van der Waals surface area contributed by atoms with E-state index >= 15 is 0 Å². The maximum Gasteiger partial charge on any atom is 0.326 e. The summed E-state index contributed by atoms with van der Waals surface area (Å²) < 4.78 is 0. The van der Waals surface area contributed by atoms with Crippen LogP contribution in [0.4, 0.5) is 0 Å². The number of hydrogen-bond donors (Lipinski definition) is 6. The van der Waals surface area contributed by atoms with E-state index in [0.29, 0.717) is 5.69 Å². The lowest BCUT2D eigenvalue weighted by Crippen LogP contribution is -2.59. The number of nitrogens with one attached hydrogen (secondary N) is 4. The lowest BCUT2D eigenvalue weighted by molar-refractivity contribution is -0.143. The topological polar surface area (TPSA) is 179 Å². The first-order valence-corrected chi connectivity index (χ1v) is 11.2. The number of rotatable bonds is 13. The number of nitrogens with zero attached hydrogens (tertiary/aromatic N) is 1. The predicted molar refractivity (Wildman–Crippen MR) is 123 cm³/mol. The third-order valence-electron chi connectivity index (χ3n) is 5.15. The zero-order valence-corrected chi connectivity index (χ0v) is 20.2. The van der Waals surface area contributed by atoms with Gasteiger partial charge in [-0.2, -0.15) is 0 Å². The molecule has 1 rings (SSSR count). The van der Waals surface area contributed by atoms with Crippen molar-refractivity contribution in [2.24, 2.45) is 23.5 Å². The Hall–Kier alpha value is -2.95. The Morgan fingerprint density at radius 1 is 0.939 bits per heavy atom. The van der Waals surface area contributed by atoms with Crippen molar-refractivity contribution in [2.75, 3.05) is 0 Å². The number of hydrogen-bond acceptors (Lipinski definition) is 6. The molecule has 11 heteroatoms. The van der Waals surface area contributed by atoms with Gasteiger partial charge in [0.1, 0.15) is 18.1 Å². The van der Waals surface area contributed by atoms with Crippen molar-refractivity contribution in [3.63, 3.8) is 0 Å². The van der Waals surface area contributed by atoms with Gasteiger partial charge in [-0.25, -0.2) is 9.78 Å². The summed E-state index contributed by atoms with van der Waals surface area (Å²) in [5.74, 6) is -3.31. The van der Waals surface area contributed by atoms with Gasteiger partial charge >= 0.3 is 5.97 Å². The summed E-state index contributed by atoms with van der Waals surface area (Å²) in [7, 11) is 0. The first-order valence-electron chi connectivity index (χ1n) is 11.2. The fourth-order valence-electron chi connectivity index (χ4n) is 3.25. The fourth-order valence-corrected chi connectivity index (χ4v) is 3.25. The highest BCUT2D eigenvalue weighted by molar-refractivity contribution is 5.94. The molecule has 1 aromatic rings. The zero-order valence-electron chi connectivity index (χ0n) is 20.2. The molecule has 0 saturated heterocycles. The summed E-state index contributed by atoms with van der Waals surface area (Å²) in [5, 5.41) is 17.3. The SMILES string of the molecule is CC(C)CC(NC(=O)C(NC(=O)C(NC(=O)C(N)Cc1cnc[nH]1)C(C)C)C(C)C)C(=O)O. The van der Waals surface area contributed by atoms with Gasteiger partial charge in [0, 0.05) is 18.3 Å². The predicted octanol–water partition coefficient (Wildman–Crippen LogP) is 0.177. The van der Waals surface area contributed by atoms with E-state index in [9.17, 15) is 24.3 Å². The molecule has 3 amide bonds. The molecule has 0 spiro atoms. The molecule has 11 nitrogen and oxygen atoms in total. The molecule has 7 N–H and O–H groups in total. The molecule has 186 valence electrons. The smallest absolute Gasteiger partial charge is 0.326 e. The molecule has 0 aromatic carbocycles. The Balaban J connectivity index is 2.86. The molecule has 4 unspecified atom stereocenters. The molecule has 0 aliphatic heterocycles. The molecule has 0 radical (unpaired) electrons. The van der Waals surface area contributed by atoms with E-state index in [4.69, 9.17) is 5.73 Å². The summed E-state index contributed by atoms with van der Waals surface area (Å²) in [6, 6.07) is -3.85. The maximum atomic E-state index is 13.0. The van der Waals surface area contributed by atoms with Gasteiger partial charge < -0.3 is 31.8 Å². The Labute approximate surface area is 194 Å². The highest BCUT2D eigenvalue weighted by Crippen LogP contribution is 2.10. The van der Waals surface area contributed by atoms with E-state index in [1.807, 2.05) is 13.8 Å². The van der Waals surface area contributed by atoms with Crippen LogP contribution in [0.3, 0.4) is 0 Å². The van der Waals surface area contributed by atoms with Gasteiger partial charge in [0.25, 0.3) is 0 Å². The molecule has 4 atom stereocenters. The molecule has 0 fully saturated rings. The molecular weight excluding hydrogens is 428 g/mol. The monoisotopic (exact) mass is 466 g/mol. The molecule has 1 heterocycles. The average Bonchev–Trinajstić information content (AvgIpc) is 3.21. The Morgan fingerprint density at radius 2 is 1.45 bits per heavy atom. The number of nitrogens with two attached hydrogens (primary N) is 1. The van der Waals surface area contributed by atoms with E-state index in [0.717, 1.165) is 0 Å². The van der Waals surface area contributed by atoms with E-state index < -0.39 is 47.9 Å². The largest absolute Gasteiger partial charge is 0.480 e. The summed E-state index contributed by atoms with van der Waals surface area (Å²) in [5.41, 5.74) is 6.66. The maximum absolute atomic E-state index is 13.0. The third kappa shape index (κ3) is 9.21. The van der Waals surface area contributed by atoms with Crippen LogP contribution in [-0.4, -0.2) is 62.9 Å². The van der Waals surface area contributed by atoms with Gasteiger partial charge in [0.15, 0.2) is 0 Å². The Morgan fingerprint density at radius 3 is 1.88 bits per heavy atom. The van der Waals surface area contributed by atoms with Crippen LogP contribution in [0.15, 0.2) is 12.5 Å². The van der Waals surface area contributed by atoms with Gasteiger partial charge in [0.05, 0.1) is 12.4 Å². The minimum Gasteiger partial charge on any atom is -0.480 e. The number of amides is 3. The average molecular weight is 467 g/mol. The molecule has 1 aromatic heterocycles. The van der Waals surface area contributed by atoms with Crippen LogP contribution in [0.25, 0.3) is 0 Å². The van der Waals surface area contributed by atoms with Crippen molar-refractivity contribution in [1.29, 1.82) is 0 Å². The number of carboxylic acid groups (broad SMARTS) is 1. The van der Waals surface area contributed by atoms with Crippen LogP contribution in [0.1, 0.15) is 53.7 Å². The standard InChI is InChI=1S/C22H38N6O5/c1-11(2)7-16(22(32)33)26-20(30)17(12(3)4)28-21(31)18(13(5)6)27-19(29)15(23)8-14-9-24-10-25-14/h9-13,15-18H,7-8,23H2,1-6H3,(H,24,25)(H,26,30)(H,27,29)(H,28,31)(H,32,33). The lowest BCUT2D eigenvalue weighted by Gasteiger charge is -2.28. The van der Waals surface area contributed by atoms with E-state index in [1.54, 1.807) is 33.9 Å². The second-order valence-corrected chi connectivity index (χ2v) is 9.38. The van der Waals surface area contributed by atoms with Gasteiger partial charge in [-0.1, -0.05) is 41.5 Å². The van der Waals surface area contributed by atoms with E-state index in [2.05, 4.69) is 25.9 Å². The van der Waals surface area contributed by atoms with Crippen molar-refractivity contribution in [2.45, 2.75) is 78.6 Å². The van der Waals surface area contributed by atoms with Crippen molar-refractivity contribution >= 4 is 23.7 Å². The molecule has 0 saturated carbocycles. The highest BCUT2D eigenvalue weighted by atomic mass is 16.4. The van der Waals surface area contributed by atoms with Crippen LogP contribution < -0.4 is 21.7 Å². The quantitative estimate of drug-likeness (QED) is 0.240. The summed E-state index contributed by atoms with van der Waals surface area (Å²) in [6.07, 6.45) is 3.53. The second-order valence-electron chi connectivity index (χ2n) is 9.38. The van der Waals surface area contributed by atoms with Gasteiger partial charge in [0.2, 0.25) is 17.7 Å². The number of carbonyl (C=O) groups excluding carboxylic acids is 3. The molecule has 0 aliphatic carbocycles. The minimum atomic E-state index is -1.13. The summed E-state index contributed by atoms with van der Waals surface area (Å²) in [4.78, 5) is 56.6. The van der Waals surface area contributed by atoms with E-state index in [-0.39, 0.29) is 30.6 Å². The molecular formula is C22H38N6O5. The number of aromatic amines is 1. The number of aliphatic carboxylic acids is 1. The number of carboxylic acids is 1. The van der Waals surface area contributed by atoms with E-state index in [1.165, 1.54) is 6.33 Å². The van der Waals surface area contributed by atoms with Crippen LogP contribution >= 0.6 is 0 Å².